The number of amides is 1. The summed E-state index contributed by atoms with van der Waals surface area (Å²) in [6, 6.07) is 26.7. The minimum atomic E-state index is -2.63. The maximum Gasteiger partial charge on any atom is 0.263 e. The van der Waals surface area contributed by atoms with Crippen molar-refractivity contribution in [2.45, 2.75) is 24.7 Å². The predicted molar refractivity (Wildman–Crippen MR) is 147 cm³/mol. The number of benzene rings is 4. The second kappa shape index (κ2) is 9.08. The van der Waals surface area contributed by atoms with Crippen LogP contribution in [-0.2, 0) is 5.41 Å². The van der Waals surface area contributed by atoms with Crippen molar-refractivity contribution in [3.63, 3.8) is 0 Å². The number of nitrogens with zero attached hydrogens (tertiary/aromatic N) is 3. The second-order valence-corrected chi connectivity index (χ2v) is 10.9. The molecule has 4 nitrogen and oxygen atoms in total. The molecule has 0 radical (unpaired) electrons. The third kappa shape index (κ3) is 3.75. The molecule has 40 heavy (non-hydrogen) atoms. The number of carbonyl (C=O) groups is 1. The molecule has 2 aliphatic rings. The molecule has 1 aromatic heterocycles. The van der Waals surface area contributed by atoms with Crippen LogP contribution in [0.15, 0.2) is 97.2 Å². The second-order valence-electron chi connectivity index (χ2n) is 10.9. The Bertz CT molecular complexity index is 1750. The Morgan fingerprint density at radius 3 is 2.50 bits per heavy atom. The average Bonchev–Trinajstić information content (AvgIpc) is 3.22. The van der Waals surface area contributed by atoms with Gasteiger partial charge in [-0.05, 0) is 78.1 Å². The third-order valence-electron chi connectivity index (χ3n) is 8.70. The van der Waals surface area contributed by atoms with E-state index in [9.17, 15) is 18.0 Å². The van der Waals surface area contributed by atoms with Gasteiger partial charge in [-0.2, -0.15) is 5.10 Å². The molecule has 1 saturated heterocycles. The average molecular weight is 538 g/mol. The largest absolute Gasteiger partial charge is 0.337 e. The zero-order valence-corrected chi connectivity index (χ0v) is 21.8. The molecule has 2 fully saturated rings. The lowest BCUT2D eigenvalue weighted by molar-refractivity contribution is 0.0768. The molecule has 0 unspecified atom stereocenters. The Kier molecular flexibility index (Phi) is 5.59. The van der Waals surface area contributed by atoms with Crippen molar-refractivity contribution in [1.82, 2.24) is 14.7 Å². The molecule has 7 rings (SSSR count). The van der Waals surface area contributed by atoms with Gasteiger partial charge in [0, 0.05) is 40.9 Å². The van der Waals surface area contributed by atoms with E-state index in [2.05, 4.69) is 36.3 Å². The van der Waals surface area contributed by atoms with Crippen molar-refractivity contribution in [3.05, 3.63) is 131 Å². The van der Waals surface area contributed by atoms with Crippen molar-refractivity contribution in [2.75, 3.05) is 13.1 Å². The standard InChI is InChI=1S/C33H26F3N3O/c1-20-14-29-24(17-37-39(29)26-12-10-25(34)11-13-26)16-27(20)33-19-38(18-28(33)30(33)21-6-3-2-4-7-21)32(40)23-9-5-8-22(15-23)31(35)36/h2-17,28,30-31H,18-19H2,1H3/t28-,30-,33+/m0/s1. The number of hydrogen-bond acceptors (Lipinski definition) is 2. The summed E-state index contributed by atoms with van der Waals surface area (Å²) in [6.07, 6.45) is -0.806. The zero-order chi connectivity index (χ0) is 27.6. The van der Waals surface area contributed by atoms with E-state index in [-0.39, 0.29) is 34.5 Å². The van der Waals surface area contributed by atoms with Crippen LogP contribution in [0.1, 0.15) is 45.0 Å². The fourth-order valence-corrected chi connectivity index (χ4v) is 6.88. The summed E-state index contributed by atoms with van der Waals surface area (Å²) in [5.41, 5.74) is 5.06. The summed E-state index contributed by atoms with van der Waals surface area (Å²) in [4.78, 5) is 15.3. The van der Waals surface area contributed by atoms with Gasteiger partial charge in [0.25, 0.3) is 12.3 Å². The summed E-state index contributed by atoms with van der Waals surface area (Å²) in [5, 5.41) is 5.56. The van der Waals surface area contributed by atoms with Gasteiger partial charge in [0.2, 0.25) is 0 Å². The van der Waals surface area contributed by atoms with E-state index >= 15 is 0 Å². The number of alkyl halides is 2. The molecular formula is C33H26F3N3O. The van der Waals surface area contributed by atoms with Crippen LogP contribution in [0.4, 0.5) is 13.2 Å². The monoisotopic (exact) mass is 537 g/mol. The molecular weight excluding hydrogens is 511 g/mol. The molecule has 1 aliphatic heterocycles. The van der Waals surface area contributed by atoms with Gasteiger partial charge in [-0.15, -0.1) is 0 Å². The Labute approximate surface area is 229 Å². The summed E-state index contributed by atoms with van der Waals surface area (Å²) in [7, 11) is 0. The SMILES string of the molecule is Cc1cc2c(cnn2-c2ccc(F)cc2)cc1[C@]12CN(C(=O)c3cccc(C(F)F)c3)C[C@H]1[C@@H]2c1ccccc1. The highest BCUT2D eigenvalue weighted by Gasteiger charge is 2.70. The van der Waals surface area contributed by atoms with Gasteiger partial charge in [0.05, 0.1) is 17.4 Å². The van der Waals surface area contributed by atoms with Crippen molar-refractivity contribution >= 4 is 16.8 Å². The number of fused-ring (bicyclic) bond motifs is 2. The molecule has 0 bridgehead atoms. The Balaban J connectivity index is 1.28. The maximum absolute atomic E-state index is 13.5. The van der Waals surface area contributed by atoms with E-state index in [0.29, 0.717) is 18.7 Å². The number of carbonyl (C=O) groups excluding carboxylic acids is 1. The normalized spacial score (nSPS) is 21.7. The fourth-order valence-electron chi connectivity index (χ4n) is 6.88. The lowest BCUT2D eigenvalue weighted by Gasteiger charge is -2.26. The Hall–Kier alpha value is -4.39. The van der Waals surface area contributed by atoms with Crippen LogP contribution in [0.5, 0.6) is 0 Å². The number of piperidine rings is 1. The third-order valence-corrected chi connectivity index (χ3v) is 8.70. The fraction of sp³-hybridized carbons (Fsp3) is 0.212. The first-order chi connectivity index (χ1) is 19.4. The summed E-state index contributed by atoms with van der Waals surface area (Å²) < 4.78 is 42.0. The molecule has 0 spiro atoms. The number of hydrogen-bond donors (Lipinski definition) is 0. The summed E-state index contributed by atoms with van der Waals surface area (Å²) in [5.74, 6) is -0.0663. The minimum Gasteiger partial charge on any atom is -0.337 e. The van der Waals surface area contributed by atoms with Crippen LogP contribution in [0.3, 0.4) is 0 Å². The van der Waals surface area contributed by atoms with Crippen LogP contribution < -0.4 is 0 Å². The van der Waals surface area contributed by atoms with Crippen molar-refractivity contribution < 1.29 is 18.0 Å². The molecule has 2 heterocycles. The van der Waals surface area contributed by atoms with E-state index in [1.165, 1.54) is 41.5 Å². The number of aryl methyl sites for hydroxylation is 1. The van der Waals surface area contributed by atoms with E-state index in [1.54, 1.807) is 18.2 Å². The zero-order valence-electron chi connectivity index (χ0n) is 21.8. The van der Waals surface area contributed by atoms with Gasteiger partial charge >= 0.3 is 0 Å². The first-order valence-corrected chi connectivity index (χ1v) is 13.3. The molecule has 0 N–H and O–H groups in total. The molecule has 4 aromatic carbocycles. The lowest BCUT2D eigenvalue weighted by atomic mass is 9.86. The molecule has 3 atom stereocenters. The highest BCUT2D eigenvalue weighted by atomic mass is 19.3. The quantitative estimate of drug-likeness (QED) is 0.238. The number of aromatic nitrogens is 2. The minimum absolute atomic E-state index is 0.147. The smallest absolute Gasteiger partial charge is 0.263 e. The van der Waals surface area contributed by atoms with Gasteiger partial charge < -0.3 is 4.90 Å². The lowest BCUT2D eigenvalue weighted by Crippen LogP contribution is -2.34. The van der Waals surface area contributed by atoms with Crippen LogP contribution in [0, 0.1) is 18.7 Å². The van der Waals surface area contributed by atoms with Crippen LogP contribution in [0.25, 0.3) is 16.6 Å². The first kappa shape index (κ1) is 24.6. The van der Waals surface area contributed by atoms with Gasteiger partial charge in [0.15, 0.2) is 0 Å². The molecule has 1 aliphatic carbocycles. The van der Waals surface area contributed by atoms with E-state index in [1.807, 2.05) is 34.0 Å². The van der Waals surface area contributed by atoms with Gasteiger partial charge in [-0.25, -0.2) is 17.9 Å². The van der Waals surface area contributed by atoms with Crippen molar-refractivity contribution in [1.29, 1.82) is 0 Å². The van der Waals surface area contributed by atoms with Crippen LogP contribution in [-0.4, -0.2) is 33.7 Å². The summed E-state index contributed by atoms with van der Waals surface area (Å²) >= 11 is 0. The molecule has 5 aromatic rings. The Morgan fingerprint density at radius 1 is 0.975 bits per heavy atom. The highest BCUT2D eigenvalue weighted by molar-refractivity contribution is 5.95. The van der Waals surface area contributed by atoms with Crippen molar-refractivity contribution in [2.24, 2.45) is 5.92 Å². The molecule has 1 amide bonds. The first-order valence-electron chi connectivity index (χ1n) is 13.3. The molecule has 7 heteroatoms. The predicted octanol–water partition coefficient (Wildman–Crippen LogP) is 7.22. The number of halogens is 3. The number of likely N-dealkylation sites (tertiary alicyclic amines) is 1. The van der Waals surface area contributed by atoms with Crippen molar-refractivity contribution in [3.8, 4) is 5.69 Å². The molecule has 200 valence electrons. The van der Waals surface area contributed by atoms with Gasteiger partial charge in [-0.3, -0.25) is 4.79 Å². The van der Waals surface area contributed by atoms with Gasteiger partial charge in [0.1, 0.15) is 5.82 Å². The molecule has 1 saturated carbocycles. The van der Waals surface area contributed by atoms with E-state index < -0.39 is 6.43 Å². The van der Waals surface area contributed by atoms with E-state index in [0.717, 1.165) is 22.2 Å². The highest BCUT2D eigenvalue weighted by Crippen LogP contribution is 2.70. The topological polar surface area (TPSA) is 38.1 Å². The Morgan fingerprint density at radius 2 is 1.75 bits per heavy atom. The van der Waals surface area contributed by atoms with Crippen LogP contribution >= 0.6 is 0 Å². The number of rotatable bonds is 5. The summed E-state index contributed by atoms with van der Waals surface area (Å²) in [6.45, 7) is 3.15. The maximum atomic E-state index is 13.5. The van der Waals surface area contributed by atoms with Crippen LogP contribution in [0.2, 0.25) is 0 Å². The van der Waals surface area contributed by atoms with Gasteiger partial charge in [-0.1, -0.05) is 42.5 Å². The van der Waals surface area contributed by atoms with E-state index in [4.69, 9.17) is 0 Å².